The minimum Gasteiger partial charge on any atom is -0.462 e. The lowest BCUT2D eigenvalue weighted by molar-refractivity contribution is -0.141. The van der Waals surface area contributed by atoms with Crippen LogP contribution in [0.4, 0.5) is 18.3 Å². The van der Waals surface area contributed by atoms with Gasteiger partial charge < -0.3 is 4.74 Å². The third kappa shape index (κ3) is 5.10. The number of aromatic nitrogens is 1. The van der Waals surface area contributed by atoms with E-state index in [2.05, 4.69) is 15.0 Å². The van der Waals surface area contributed by atoms with Crippen LogP contribution < -0.4 is 5.32 Å². The van der Waals surface area contributed by atoms with Crippen LogP contribution in [0, 0.1) is 0 Å². The molecule has 0 saturated heterocycles. The molecule has 13 heteroatoms. The molecule has 1 aromatic carbocycles. The van der Waals surface area contributed by atoms with Gasteiger partial charge in [-0.25, -0.2) is 22.5 Å². The van der Waals surface area contributed by atoms with Gasteiger partial charge in [0.15, 0.2) is 10.8 Å². The highest BCUT2D eigenvalue weighted by Crippen LogP contribution is 2.36. The number of anilines is 1. The number of carbonyl (C=O) groups is 2. The van der Waals surface area contributed by atoms with Crippen molar-refractivity contribution in [2.45, 2.75) is 18.0 Å². The fourth-order valence-corrected chi connectivity index (χ4v) is 3.84. The van der Waals surface area contributed by atoms with Crippen molar-refractivity contribution in [1.82, 2.24) is 9.29 Å². The quantitative estimate of drug-likeness (QED) is 0.677. The van der Waals surface area contributed by atoms with Gasteiger partial charge in [0.2, 0.25) is 10.0 Å². The Labute approximate surface area is 168 Å². The Bertz CT molecular complexity index is 1020. The van der Waals surface area contributed by atoms with Gasteiger partial charge >= 0.3 is 12.1 Å². The Morgan fingerprint density at radius 1 is 1.21 bits per heavy atom. The Balaban J connectivity index is 2.28. The molecule has 0 saturated carbocycles. The first-order valence-electron chi connectivity index (χ1n) is 7.97. The minimum absolute atomic E-state index is 0.0100. The number of amides is 1. The number of thiazole rings is 1. The van der Waals surface area contributed by atoms with Crippen LogP contribution >= 0.6 is 11.3 Å². The van der Waals surface area contributed by atoms with Gasteiger partial charge in [-0.2, -0.15) is 13.2 Å². The van der Waals surface area contributed by atoms with Crippen LogP contribution in [0.1, 0.15) is 32.6 Å². The molecule has 0 aliphatic carbocycles. The van der Waals surface area contributed by atoms with Crippen molar-refractivity contribution in [3.8, 4) is 0 Å². The predicted molar refractivity (Wildman–Crippen MR) is 98.3 cm³/mol. The largest absolute Gasteiger partial charge is 0.462 e. The average molecular weight is 451 g/mol. The fraction of sp³-hybridized carbons (Fsp3) is 0.312. The molecule has 0 radical (unpaired) electrons. The molecule has 158 valence electrons. The van der Waals surface area contributed by atoms with Crippen LogP contribution in [-0.4, -0.2) is 50.3 Å². The zero-order chi connectivity index (χ0) is 22.0. The molecular formula is C16H16F3N3O5S2. The second-order valence-electron chi connectivity index (χ2n) is 5.68. The summed E-state index contributed by atoms with van der Waals surface area (Å²) < 4.78 is 68.9. The maximum absolute atomic E-state index is 13.1. The van der Waals surface area contributed by atoms with Gasteiger partial charge in [0.25, 0.3) is 5.91 Å². The van der Waals surface area contributed by atoms with Crippen LogP contribution in [0.2, 0.25) is 0 Å². The van der Waals surface area contributed by atoms with Crippen molar-refractivity contribution in [2.24, 2.45) is 0 Å². The van der Waals surface area contributed by atoms with Crippen molar-refractivity contribution in [3.63, 3.8) is 0 Å². The minimum atomic E-state index is -4.91. The van der Waals surface area contributed by atoms with Crippen molar-refractivity contribution in [1.29, 1.82) is 0 Å². The summed E-state index contributed by atoms with van der Waals surface area (Å²) in [5, 5.41) is 1.72. The van der Waals surface area contributed by atoms with E-state index in [1.54, 1.807) is 0 Å². The van der Waals surface area contributed by atoms with E-state index in [4.69, 9.17) is 0 Å². The maximum atomic E-state index is 13.1. The topological polar surface area (TPSA) is 106 Å². The highest BCUT2D eigenvalue weighted by Gasteiger charge is 2.40. The van der Waals surface area contributed by atoms with Gasteiger partial charge in [0.05, 0.1) is 11.5 Å². The van der Waals surface area contributed by atoms with Crippen LogP contribution in [0.5, 0.6) is 0 Å². The molecule has 2 rings (SSSR count). The van der Waals surface area contributed by atoms with E-state index in [1.165, 1.54) is 45.3 Å². The Hall–Kier alpha value is -2.51. The number of hydrogen-bond acceptors (Lipinski definition) is 7. The zero-order valence-electron chi connectivity index (χ0n) is 15.4. The van der Waals surface area contributed by atoms with Crippen molar-refractivity contribution in [2.75, 3.05) is 26.0 Å². The molecule has 8 nitrogen and oxygen atoms in total. The van der Waals surface area contributed by atoms with E-state index in [0.29, 0.717) is 11.3 Å². The Morgan fingerprint density at radius 3 is 2.28 bits per heavy atom. The molecule has 1 heterocycles. The second-order valence-corrected chi connectivity index (χ2v) is 8.83. The molecule has 0 aliphatic heterocycles. The van der Waals surface area contributed by atoms with E-state index in [9.17, 15) is 31.2 Å². The van der Waals surface area contributed by atoms with Gasteiger partial charge in [-0.1, -0.05) is 11.3 Å². The first-order chi connectivity index (χ1) is 13.4. The lowest BCUT2D eigenvalue weighted by atomic mass is 10.2. The van der Waals surface area contributed by atoms with Crippen LogP contribution in [-0.2, 0) is 20.9 Å². The number of nitrogens with one attached hydrogen (secondary N) is 1. The summed E-state index contributed by atoms with van der Waals surface area (Å²) in [5.74, 6) is -2.02. The molecule has 2 aromatic rings. The van der Waals surface area contributed by atoms with Crippen LogP contribution in [0.25, 0.3) is 0 Å². The van der Waals surface area contributed by atoms with E-state index >= 15 is 0 Å². The van der Waals surface area contributed by atoms with E-state index in [-0.39, 0.29) is 17.1 Å². The smallest absolute Gasteiger partial charge is 0.435 e. The lowest BCUT2D eigenvalue weighted by Crippen LogP contribution is -2.22. The zero-order valence-corrected chi connectivity index (χ0v) is 17.0. The summed E-state index contributed by atoms with van der Waals surface area (Å²) in [6.45, 7) is 1.31. The highest BCUT2D eigenvalue weighted by atomic mass is 32.2. The number of halogens is 3. The van der Waals surface area contributed by atoms with Crippen molar-refractivity contribution in [3.05, 3.63) is 40.4 Å². The molecule has 29 heavy (non-hydrogen) atoms. The van der Waals surface area contributed by atoms with Gasteiger partial charge in [0.1, 0.15) is 4.88 Å². The predicted octanol–water partition coefficient (Wildman–Crippen LogP) is 2.84. The van der Waals surface area contributed by atoms with Crippen LogP contribution in [0.15, 0.2) is 29.2 Å². The summed E-state index contributed by atoms with van der Waals surface area (Å²) in [6.07, 6.45) is -4.91. The monoisotopic (exact) mass is 451 g/mol. The fourth-order valence-electron chi connectivity index (χ4n) is 2.06. The molecule has 0 aliphatic rings. The van der Waals surface area contributed by atoms with Gasteiger partial charge in [-0.15, -0.1) is 0 Å². The Kier molecular flexibility index (Phi) is 6.65. The average Bonchev–Trinajstić information content (AvgIpc) is 3.06. The molecule has 0 fully saturated rings. The molecular weight excluding hydrogens is 435 g/mol. The third-order valence-corrected chi connectivity index (χ3v) is 6.25. The summed E-state index contributed by atoms with van der Waals surface area (Å²) >= 11 is 0.329. The molecule has 1 N–H and O–H groups in total. The summed E-state index contributed by atoms with van der Waals surface area (Å²) in [6, 6.07) is 4.79. The second kappa shape index (κ2) is 8.47. The van der Waals surface area contributed by atoms with Crippen molar-refractivity contribution >= 4 is 38.4 Å². The third-order valence-electron chi connectivity index (χ3n) is 3.47. The number of ether oxygens (including phenoxy) is 1. The first kappa shape index (κ1) is 22.8. The van der Waals surface area contributed by atoms with Gasteiger partial charge in [-0.05, 0) is 31.2 Å². The maximum Gasteiger partial charge on any atom is 0.435 e. The van der Waals surface area contributed by atoms with Gasteiger partial charge in [-0.3, -0.25) is 10.1 Å². The molecule has 1 amide bonds. The number of esters is 1. The SMILES string of the molecule is CCOC(=O)c1sc(NC(=O)c2ccc(S(=O)(=O)N(C)C)cc2)nc1C(F)(F)F. The standard InChI is InChI=1S/C16H16F3N3O5S2/c1-4-27-14(24)11-12(16(17,18)19)20-15(28-11)21-13(23)9-5-7-10(8-6-9)29(25,26)22(2)3/h5-8H,4H2,1-3H3,(H,20,21,23). The number of sulfonamides is 1. The Morgan fingerprint density at radius 2 is 1.79 bits per heavy atom. The molecule has 0 atom stereocenters. The van der Waals surface area contributed by atoms with Crippen LogP contribution in [0.3, 0.4) is 0 Å². The number of nitrogens with zero attached hydrogens (tertiary/aromatic N) is 2. The normalized spacial score (nSPS) is 12.1. The number of rotatable bonds is 6. The number of benzene rings is 1. The number of hydrogen-bond donors (Lipinski definition) is 1. The first-order valence-corrected chi connectivity index (χ1v) is 10.2. The molecule has 0 bridgehead atoms. The van der Waals surface area contributed by atoms with Gasteiger partial charge in [0, 0.05) is 19.7 Å². The highest BCUT2D eigenvalue weighted by molar-refractivity contribution is 7.89. The number of alkyl halides is 3. The van der Waals surface area contributed by atoms with E-state index in [0.717, 1.165) is 4.31 Å². The van der Waals surface area contributed by atoms with E-state index in [1.807, 2.05) is 0 Å². The van der Waals surface area contributed by atoms with E-state index < -0.39 is 43.8 Å². The van der Waals surface area contributed by atoms with Crippen molar-refractivity contribution < 1.29 is 35.9 Å². The molecule has 0 unspecified atom stereocenters. The molecule has 1 aromatic heterocycles. The lowest BCUT2D eigenvalue weighted by Gasteiger charge is -2.11. The summed E-state index contributed by atoms with van der Waals surface area (Å²) in [4.78, 5) is 26.5. The number of carbonyl (C=O) groups excluding carboxylic acids is 2. The summed E-state index contributed by atoms with van der Waals surface area (Å²) in [5.41, 5.74) is -1.46. The summed E-state index contributed by atoms with van der Waals surface area (Å²) in [7, 11) is -1.01. The molecule has 0 spiro atoms.